The lowest BCUT2D eigenvalue weighted by atomic mass is 9.92. The third kappa shape index (κ3) is 4.36. The number of aryl methyl sites for hydroxylation is 2. The second kappa shape index (κ2) is 8.41. The summed E-state index contributed by atoms with van der Waals surface area (Å²) in [4.78, 5) is 15.2. The van der Waals surface area contributed by atoms with Crippen LogP contribution in [0, 0.1) is 24.6 Å². The molecule has 2 aromatic heterocycles. The summed E-state index contributed by atoms with van der Waals surface area (Å²) in [5, 5.41) is 7.71. The van der Waals surface area contributed by atoms with Crippen LogP contribution in [0.3, 0.4) is 0 Å². The summed E-state index contributed by atoms with van der Waals surface area (Å²) in [6, 6.07) is 4.61. The minimum Gasteiger partial charge on any atom is -0.424 e. The zero-order valence-electron chi connectivity index (χ0n) is 18.6. The minimum atomic E-state index is -4.82. The highest BCUT2D eigenvalue weighted by atomic mass is 19.4. The zero-order valence-corrected chi connectivity index (χ0v) is 18.6. The summed E-state index contributed by atoms with van der Waals surface area (Å²) in [5.74, 6) is 0.460. The molecule has 8 nitrogen and oxygen atoms in total. The molecule has 0 radical (unpaired) electrons. The number of aromatic nitrogens is 5. The van der Waals surface area contributed by atoms with Gasteiger partial charge < -0.3 is 15.0 Å². The van der Waals surface area contributed by atoms with Crippen molar-refractivity contribution in [3.05, 3.63) is 47.7 Å². The highest BCUT2D eigenvalue weighted by Gasteiger charge is 2.43. The van der Waals surface area contributed by atoms with Crippen LogP contribution >= 0.6 is 0 Å². The normalized spacial score (nSPS) is 22.2. The first kappa shape index (κ1) is 22.4. The predicted molar refractivity (Wildman–Crippen MR) is 115 cm³/mol. The van der Waals surface area contributed by atoms with Crippen LogP contribution < -0.4 is 15.0 Å². The molecule has 1 aromatic carbocycles. The largest absolute Gasteiger partial charge is 0.424 e. The van der Waals surface area contributed by atoms with Crippen molar-refractivity contribution in [2.45, 2.75) is 32.0 Å². The molecule has 2 bridgehead atoms. The number of hydrogen-bond acceptors (Lipinski definition) is 7. The number of hydrogen-bond donors (Lipinski definition) is 1. The van der Waals surface area contributed by atoms with E-state index in [0.29, 0.717) is 23.9 Å². The molecule has 1 aliphatic carbocycles. The van der Waals surface area contributed by atoms with E-state index in [1.165, 1.54) is 4.68 Å². The van der Waals surface area contributed by atoms with Crippen LogP contribution in [0.15, 0.2) is 30.6 Å². The van der Waals surface area contributed by atoms with Crippen LogP contribution in [0.25, 0.3) is 0 Å². The minimum absolute atomic E-state index is 0.00322. The van der Waals surface area contributed by atoms with Gasteiger partial charge in [0, 0.05) is 37.9 Å². The molecule has 1 saturated carbocycles. The number of fused-ring (bicyclic) bond motifs is 2. The molecular weight excluding hydrogens is 454 g/mol. The third-order valence-corrected chi connectivity index (χ3v) is 6.42. The summed E-state index contributed by atoms with van der Waals surface area (Å²) in [5.41, 5.74) is -0.473. The molecular formula is C22H23F4N7O. The average molecular weight is 477 g/mol. The van der Waals surface area contributed by atoms with Crippen molar-refractivity contribution in [1.82, 2.24) is 24.7 Å². The first-order chi connectivity index (χ1) is 16.2. The van der Waals surface area contributed by atoms with E-state index in [4.69, 9.17) is 4.74 Å². The standard InChI is InChI=1S/C22H23F4N7O/c1-12-7-18(28-11-27-12)33-9-13-3-4-14(10-33)19(13)29-20-30-21(32(2)31-20)34-15-5-6-17(23)16(8-15)22(24,25)26/h5-8,11,13-14,19H,3-4,9-10H2,1-2H3,(H,29,31)/t13-,14+,19?. The Morgan fingerprint density at radius 2 is 1.82 bits per heavy atom. The molecule has 34 heavy (non-hydrogen) atoms. The van der Waals surface area contributed by atoms with Crippen LogP contribution in [-0.2, 0) is 13.2 Å². The Morgan fingerprint density at radius 1 is 1.09 bits per heavy atom. The van der Waals surface area contributed by atoms with Gasteiger partial charge in [0.2, 0.25) is 5.95 Å². The van der Waals surface area contributed by atoms with Gasteiger partial charge in [-0.3, -0.25) is 0 Å². The number of piperidine rings is 1. The molecule has 0 spiro atoms. The Balaban J connectivity index is 1.28. The molecule has 180 valence electrons. The SMILES string of the molecule is Cc1cc(N2C[C@H]3CC[C@@H](C2)C3Nc2nc(Oc3ccc(F)c(C(F)(F)F)c3)n(C)n2)ncn1. The molecule has 2 aliphatic rings. The summed E-state index contributed by atoms with van der Waals surface area (Å²) < 4.78 is 59.4. The molecule has 1 unspecified atom stereocenters. The van der Waals surface area contributed by atoms with Crippen molar-refractivity contribution in [1.29, 1.82) is 0 Å². The highest BCUT2D eigenvalue weighted by Crippen LogP contribution is 2.40. The molecule has 12 heteroatoms. The monoisotopic (exact) mass is 477 g/mol. The molecule has 3 aromatic rings. The Bertz CT molecular complexity index is 1180. The van der Waals surface area contributed by atoms with Crippen molar-refractivity contribution in [2.75, 3.05) is 23.3 Å². The van der Waals surface area contributed by atoms with Gasteiger partial charge in [0.1, 0.15) is 23.7 Å². The van der Waals surface area contributed by atoms with Gasteiger partial charge in [-0.15, -0.1) is 5.10 Å². The molecule has 0 amide bonds. The maximum Gasteiger partial charge on any atom is 0.419 e. The van der Waals surface area contributed by atoms with E-state index in [1.807, 2.05) is 13.0 Å². The number of nitrogens with one attached hydrogen (secondary N) is 1. The van der Waals surface area contributed by atoms with E-state index in [0.717, 1.165) is 49.6 Å². The third-order valence-electron chi connectivity index (χ3n) is 6.42. The molecule has 1 aliphatic heterocycles. The van der Waals surface area contributed by atoms with E-state index in [-0.39, 0.29) is 17.8 Å². The number of rotatable bonds is 5. The molecule has 1 saturated heterocycles. The van der Waals surface area contributed by atoms with Crippen molar-refractivity contribution >= 4 is 11.8 Å². The van der Waals surface area contributed by atoms with Crippen LogP contribution in [0.5, 0.6) is 11.8 Å². The Labute approximate surface area is 193 Å². The van der Waals surface area contributed by atoms with Crippen LogP contribution in [0.4, 0.5) is 29.3 Å². The fraction of sp³-hybridized carbons (Fsp3) is 0.455. The molecule has 3 atom stereocenters. The number of anilines is 2. The van der Waals surface area contributed by atoms with Gasteiger partial charge in [0.05, 0.1) is 5.56 Å². The Kier molecular flexibility index (Phi) is 5.53. The first-order valence-electron chi connectivity index (χ1n) is 10.9. The van der Waals surface area contributed by atoms with Gasteiger partial charge in [-0.1, -0.05) is 0 Å². The topological polar surface area (TPSA) is 81.0 Å². The van der Waals surface area contributed by atoms with Crippen molar-refractivity contribution < 1.29 is 22.3 Å². The summed E-state index contributed by atoms with van der Waals surface area (Å²) in [7, 11) is 1.58. The van der Waals surface area contributed by atoms with E-state index in [9.17, 15) is 17.6 Å². The van der Waals surface area contributed by atoms with Crippen LogP contribution in [0.1, 0.15) is 24.1 Å². The lowest BCUT2D eigenvalue weighted by Gasteiger charge is -2.38. The number of ether oxygens (including phenoxy) is 1. The summed E-state index contributed by atoms with van der Waals surface area (Å²) in [6.45, 7) is 3.63. The lowest BCUT2D eigenvalue weighted by molar-refractivity contribution is -0.140. The fourth-order valence-electron chi connectivity index (χ4n) is 4.82. The van der Waals surface area contributed by atoms with Gasteiger partial charge in [-0.05, 0) is 49.8 Å². The van der Waals surface area contributed by atoms with Gasteiger partial charge in [-0.2, -0.15) is 18.2 Å². The second-order valence-corrected chi connectivity index (χ2v) is 8.77. The average Bonchev–Trinajstić information content (AvgIpc) is 3.21. The number of nitrogens with zero attached hydrogens (tertiary/aromatic N) is 6. The van der Waals surface area contributed by atoms with E-state index in [2.05, 4.69) is 30.3 Å². The number of benzene rings is 1. The van der Waals surface area contributed by atoms with Gasteiger partial charge in [0.15, 0.2) is 0 Å². The zero-order chi connectivity index (χ0) is 24.0. The fourth-order valence-corrected chi connectivity index (χ4v) is 4.82. The summed E-state index contributed by atoms with van der Waals surface area (Å²) >= 11 is 0. The van der Waals surface area contributed by atoms with Gasteiger partial charge in [0.25, 0.3) is 0 Å². The van der Waals surface area contributed by atoms with Crippen LogP contribution in [-0.4, -0.2) is 43.9 Å². The summed E-state index contributed by atoms with van der Waals surface area (Å²) in [6.07, 6.45) is -1.12. The van der Waals surface area contributed by atoms with Gasteiger partial charge in [-0.25, -0.2) is 19.0 Å². The van der Waals surface area contributed by atoms with Crippen molar-refractivity contribution in [3.8, 4) is 11.8 Å². The maximum absolute atomic E-state index is 13.6. The molecule has 2 fully saturated rings. The van der Waals surface area contributed by atoms with E-state index in [1.54, 1.807) is 13.4 Å². The van der Waals surface area contributed by atoms with E-state index < -0.39 is 17.6 Å². The Morgan fingerprint density at radius 3 is 2.50 bits per heavy atom. The first-order valence-corrected chi connectivity index (χ1v) is 10.9. The number of alkyl halides is 3. The lowest BCUT2D eigenvalue weighted by Crippen LogP contribution is -2.48. The van der Waals surface area contributed by atoms with Crippen molar-refractivity contribution in [3.63, 3.8) is 0 Å². The predicted octanol–water partition coefficient (Wildman–Crippen LogP) is 4.19. The second-order valence-electron chi connectivity index (χ2n) is 8.77. The van der Waals surface area contributed by atoms with Crippen molar-refractivity contribution in [2.24, 2.45) is 18.9 Å². The van der Waals surface area contributed by atoms with E-state index >= 15 is 0 Å². The number of halogens is 4. The highest BCUT2D eigenvalue weighted by molar-refractivity contribution is 5.42. The molecule has 1 N–H and O–H groups in total. The maximum atomic E-state index is 13.6. The quantitative estimate of drug-likeness (QED) is 0.552. The molecule has 3 heterocycles. The molecule has 5 rings (SSSR count). The smallest absolute Gasteiger partial charge is 0.419 e. The van der Waals surface area contributed by atoms with Crippen LogP contribution in [0.2, 0.25) is 0 Å². The van der Waals surface area contributed by atoms with Gasteiger partial charge >= 0.3 is 12.2 Å². The Hall–Kier alpha value is -3.44.